The molecule has 0 radical (unpaired) electrons. The quantitative estimate of drug-likeness (QED) is 0.367. The van der Waals surface area contributed by atoms with Gasteiger partial charge >= 0.3 is 12.1 Å². The Hall–Kier alpha value is -4.75. The van der Waals surface area contributed by atoms with Gasteiger partial charge in [0.15, 0.2) is 6.04 Å². The first kappa shape index (κ1) is 32.6. The van der Waals surface area contributed by atoms with Crippen molar-refractivity contribution in [3.05, 3.63) is 102 Å². The number of benzene rings is 3. The molecule has 2 saturated heterocycles. The second kappa shape index (κ2) is 14.1. The van der Waals surface area contributed by atoms with Crippen molar-refractivity contribution in [3.8, 4) is 0 Å². The molecule has 0 spiro atoms. The Bertz CT molecular complexity index is 1660. The number of carbonyl (C=O) groups is 4. The molecule has 0 saturated carbocycles. The molecule has 2 heterocycles. The SMILES string of the molecule is Cc1ccc(S(=O)(=O)N2CCC[C@H]2C(=O)N(OC(=O)N2CCN(C(=O)c3ccccc3)CC2)[C@@H](Cc2ccccc2)C(=O)O)cc1. The zero-order chi connectivity index (χ0) is 32.8. The predicted octanol–water partition coefficient (Wildman–Crippen LogP) is 3.18. The van der Waals surface area contributed by atoms with E-state index in [1.165, 1.54) is 17.0 Å². The van der Waals surface area contributed by atoms with Crippen molar-refractivity contribution in [2.45, 2.75) is 43.2 Å². The molecule has 3 amide bonds. The fourth-order valence-electron chi connectivity index (χ4n) is 5.63. The van der Waals surface area contributed by atoms with Gasteiger partial charge in [-0.2, -0.15) is 9.37 Å². The van der Waals surface area contributed by atoms with Crippen molar-refractivity contribution >= 4 is 33.9 Å². The Kier molecular flexibility index (Phi) is 10.0. The van der Waals surface area contributed by atoms with E-state index in [2.05, 4.69) is 0 Å². The Balaban J connectivity index is 1.37. The number of hydrogen-bond acceptors (Lipinski definition) is 7. The smallest absolute Gasteiger partial charge is 0.434 e. The highest BCUT2D eigenvalue weighted by Gasteiger charge is 2.46. The highest BCUT2D eigenvalue weighted by atomic mass is 32.2. The molecule has 2 aliphatic rings. The summed E-state index contributed by atoms with van der Waals surface area (Å²) in [5.41, 5.74) is 1.95. The number of amides is 3. The van der Waals surface area contributed by atoms with Gasteiger partial charge in [0.05, 0.1) is 4.90 Å². The van der Waals surface area contributed by atoms with Gasteiger partial charge < -0.3 is 19.7 Å². The summed E-state index contributed by atoms with van der Waals surface area (Å²) in [5, 5.41) is 10.8. The molecule has 2 aliphatic heterocycles. The third-order valence-corrected chi connectivity index (χ3v) is 10.1. The van der Waals surface area contributed by atoms with E-state index in [9.17, 15) is 32.7 Å². The van der Waals surface area contributed by atoms with Gasteiger partial charge in [-0.1, -0.05) is 66.2 Å². The third-order valence-electron chi connectivity index (χ3n) is 8.20. The van der Waals surface area contributed by atoms with E-state index in [-0.39, 0.29) is 56.4 Å². The van der Waals surface area contributed by atoms with Crippen LogP contribution in [0.1, 0.15) is 34.3 Å². The lowest BCUT2D eigenvalue weighted by Gasteiger charge is -2.36. The zero-order valence-electron chi connectivity index (χ0n) is 25.4. The van der Waals surface area contributed by atoms with E-state index in [4.69, 9.17) is 4.84 Å². The van der Waals surface area contributed by atoms with Gasteiger partial charge in [0.25, 0.3) is 11.8 Å². The maximum atomic E-state index is 14.1. The van der Waals surface area contributed by atoms with Crippen molar-refractivity contribution in [2.75, 3.05) is 32.7 Å². The van der Waals surface area contributed by atoms with Crippen LogP contribution in [0.4, 0.5) is 4.79 Å². The van der Waals surface area contributed by atoms with Gasteiger partial charge in [-0.3, -0.25) is 9.59 Å². The van der Waals surface area contributed by atoms with Crippen molar-refractivity contribution in [3.63, 3.8) is 0 Å². The first-order chi connectivity index (χ1) is 22.1. The van der Waals surface area contributed by atoms with Crippen LogP contribution in [0.25, 0.3) is 0 Å². The summed E-state index contributed by atoms with van der Waals surface area (Å²) in [4.78, 5) is 61.6. The molecular weight excluding hydrogens is 612 g/mol. The molecule has 0 aliphatic carbocycles. The van der Waals surface area contributed by atoms with Gasteiger partial charge in [-0.05, 0) is 49.6 Å². The van der Waals surface area contributed by atoms with Gasteiger partial charge in [-0.25, -0.2) is 18.0 Å². The minimum atomic E-state index is -4.12. The van der Waals surface area contributed by atoms with Crippen LogP contribution in [-0.2, 0) is 30.9 Å². The van der Waals surface area contributed by atoms with Crippen LogP contribution in [0, 0.1) is 6.92 Å². The number of carboxylic acid groups (broad SMARTS) is 1. The lowest BCUT2D eigenvalue weighted by Crippen LogP contribution is -2.57. The number of carboxylic acids is 1. The second-order valence-corrected chi connectivity index (χ2v) is 13.2. The minimum Gasteiger partial charge on any atom is -0.480 e. The molecule has 242 valence electrons. The molecule has 3 aromatic carbocycles. The van der Waals surface area contributed by atoms with Crippen LogP contribution in [0.3, 0.4) is 0 Å². The van der Waals surface area contributed by atoms with E-state index < -0.39 is 40.1 Å². The lowest BCUT2D eigenvalue weighted by molar-refractivity contribution is -0.191. The molecule has 13 heteroatoms. The van der Waals surface area contributed by atoms with E-state index in [1.54, 1.807) is 71.6 Å². The number of rotatable bonds is 8. The standard InChI is InChI=1S/C33H36N4O8S/c1-24-14-16-27(17-15-24)46(43,44)36-18-8-13-28(36)31(39)37(29(32(40)41)23-25-9-4-2-5-10-25)45-33(42)35-21-19-34(20-22-35)30(38)26-11-6-3-7-12-26/h2-7,9-12,14-17,28-29H,8,13,18-23H2,1H3,(H,40,41)/t28-,29-/m0/s1. The van der Waals surface area contributed by atoms with E-state index in [0.29, 0.717) is 22.6 Å². The maximum absolute atomic E-state index is 14.1. The number of hydroxylamine groups is 2. The summed E-state index contributed by atoms with van der Waals surface area (Å²) in [6.45, 7) is 2.45. The largest absolute Gasteiger partial charge is 0.480 e. The summed E-state index contributed by atoms with van der Waals surface area (Å²) < 4.78 is 28.3. The van der Waals surface area contributed by atoms with Crippen LogP contribution >= 0.6 is 0 Å². The van der Waals surface area contributed by atoms with Crippen molar-refractivity contribution in [1.82, 2.24) is 19.2 Å². The summed E-state index contributed by atoms with van der Waals surface area (Å²) in [5.74, 6) is -2.55. The first-order valence-electron chi connectivity index (χ1n) is 15.1. The molecule has 0 bridgehead atoms. The maximum Gasteiger partial charge on any atom is 0.434 e. The molecule has 0 unspecified atom stereocenters. The summed E-state index contributed by atoms with van der Waals surface area (Å²) >= 11 is 0. The van der Waals surface area contributed by atoms with Crippen LogP contribution in [0.2, 0.25) is 0 Å². The molecular formula is C33H36N4O8S. The number of sulfonamides is 1. The zero-order valence-corrected chi connectivity index (χ0v) is 26.2. The lowest BCUT2D eigenvalue weighted by atomic mass is 10.0. The average molecular weight is 649 g/mol. The Labute approximate surface area is 267 Å². The van der Waals surface area contributed by atoms with Gasteiger partial charge in [0, 0.05) is 44.7 Å². The average Bonchev–Trinajstić information content (AvgIpc) is 3.58. The number of nitrogens with zero attached hydrogens (tertiary/aromatic N) is 4. The molecule has 46 heavy (non-hydrogen) atoms. The van der Waals surface area contributed by atoms with Crippen molar-refractivity contribution in [2.24, 2.45) is 0 Å². The number of aliphatic carboxylic acids is 1. The van der Waals surface area contributed by atoms with E-state index in [0.717, 1.165) is 9.87 Å². The fourth-order valence-corrected chi connectivity index (χ4v) is 7.29. The van der Waals surface area contributed by atoms with Gasteiger partial charge in [-0.15, -0.1) is 0 Å². The Morgan fingerprint density at radius 3 is 2.04 bits per heavy atom. The number of aryl methyl sites for hydroxylation is 1. The molecule has 0 aromatic heterocycles. The normalized spacial score (nSPS) is 17.7. The van der Waals surface area contributed by atoms with Crippen LogP contribution in [0.5, 0.6) is 0 Å². The molecule has 2 fully saturated rings. The molecule has 5 rings (SSSR count). The first-order valence-corrected chi connectivity index (χ1v) is 16.5. The Morgan fingerprint density at radius 1 is 0.848 bits per heavy atom. The molecule has 12 nitrogen and oxygen atoms in total. The monoisotopic (exact) mass is 648 g/mol. The fraction of sp³-hybridized carbons (Fsp3) is 0.333. The second-order valence-electron chi connectivity index (χ2n) is 11.3. The van der Waals surface area contributed by atoms with Crippen LogP contribution < -0.4 is 0 Å². The topological polar surface area (TPSA) is 145 Å². The molecule has 2 atom stereocenters. The van der Waals surface area contributed by atoms with E-state index in [1.807, 2.05) is 13.0 Å². The number of hydrogen-bond donors (Lipinski definition) is 1. The number of carbonyl (C=O) groups excluding carboxylic acids is 3. The minimum absolute atomic E-state index is 0.00309. The summed E-state index contributed by atoms with van der Waals surface area (Å²) in [6, 6.07) is 20.6. The molecule has 3 aromatic rings. The number of piperazine rings is 1. The van der Waals surface area contributed by atoms with Crippen LogP contribution in [-0.4, -0.2) is 101 Å². The van der Waals surface area contributed by atoms with Crippen molar-refractivity contribution in [1.29, 1.82) is 0 Å². The van der Waals surface area contributed by atoms with Crippen LogP contribution in [0.15, 0.2) is 89.8 Å². The van der Waals surface area contributed by atoms with Gasteiger partial charge in [0.2, 0.25) is 10.0 Å². The summed E-state index contributed by atoms with van der Waals surface area (Å²) in [6.07, 6.45) is -0.677. The highest BCUT2D eigenvalue weighted by Crippen LogP contribution is 2.29. The van der Waals surface area contributed by atoms with Gasteiger partial charge in [0.1, 0.15) is 6.04 Å². The van der Waals surface area contributed by atoms with E-state index >= 15 is 0 Å². The predicted molar refractivity (Wildman–Crippen MR) is 167 cm³/mol. The molecule has 1 N–H and O–H groups in total. The van der Waals surface area contributed by atoms with Crippen molar-refractivity contribution < 1.29 is 37.5 Å². The highest BCUT2D eigenvalue weighted by molar-refractivity contribution is 7.89. The Morgan fingerprint density at radius 2 is 1.43 bits per heavy atom. The third kappa shape index (κ3) is 7.21. The summed E-state index contributed by atoms with van der Waals surface area (Å²) in [7, 11) is -4.12.